The van der Waals surface area contributed by atoms with Crippen LogP contribution in [0.3, 0.4) is 0 Å². The smallest absolute Gasteiger partial charge is 0.127 e. The van der Waals surface area contributed by atoms with Gasteiger partial charge in [0.15, 0.2) is 0 Å². The van der Waals surface area contributed by atoms with Crippen molar-refractivity contribution in [3.63, 3.8) is 0 Å². The maximum atomic E-state index is 13.9. The van der Waals surface area contributed by atoms with E-state index in [1.165, 1.54) is 12.5 Å². The Morgan fingerprint density at radius 3 is 2.83 bits per heavy atom. The van der Waals surface area contributed by atoms with Gasteiger partial charge in [0.05, 0.1) is 0 Å². The van der Waals surface area contributed by atoms with Gasteiger partial charge in [-0.3, -0.25) is 0 Å². The molecule has 0 spiro atoms. The van der Waals surface area contributed by atoms with E-state index in [0.29, 0.717) is 18.3 Å². The Morgan fingerprint density at radius 2 is 2.17 bits per heavy atom. The average Bonchev–Trinajstić information content (AvgIpc) is 2.30. The number of rotatable bonds is 2. The summed E-state index contributed by atoms with van der Waals surface area (Å²) < 4.78 is 14.7. The lowest BCUT2D eigenvalue weighted by Gasteiger charge is -2.43. The molecule has 3 heteroatoms. The maximum absolute atomic E-state index is 13.9. The van der Waals surface area contributed by atoms with Gasteiger partial charge in [-0.25, -0.2) is 4.39 Å². The fraction of sp³-hybridized carbons (Fsp3) is 0.600. The van der Waals surface area contributed by atoms with E-state index in [4.69, 9.17) is 5.73 Å². The SMILES string of the molecule is CC1CCCC(N)(Cc2ccc(Br)cc2F)C1C. The lowest BCUT2D eigenvalue weighted by molar-refractivity contribution is 0.142. The van der Waals surface area contributed by atoms with E-state index in [2.05, 4.69) is 29.8 Å². The highest BCUT2D eigenvalue weighted by Gasteiger charge is 2.38. The summed E-state index contributed by atoms with van der Waals surface area (Å²) in [4.78, 5) is 0. The number of benzene rings is 1. The standard InChI is InChI=1S/C15H21BrFN/c1-10-4-3-7-15(18,11(10)2)9-12-5-6-13(16)8-14(12)17/h5-6,8,10-11H,3-4,7,9,18H2,1-2H3. The monoisotopic (exact) mass is 313 g/mol. The largest absolute Gasteiger partial charge is 0.325 e. The first-order valence-corrected chi connectivity index (χ1v) is 7.44. The maximum Gasteiger partial charge on any atom is 0.127 e. The molecular formula is C15H21BrFN. The van der Waals surface area contributed by atoms with Gasteiger partial charge in [0.1, 0.15) is 5.82 Å². The lowest BCUT2D eigenvalue weighted by Crippen LogP contribution is -2.52. The van der Waals surface area contributed by atoms with Crippen LogP contribution < -0.4 is 5.73 Å². The van der Waals surface area contributed by atoms with Gasteiger partial charge in [0.25, 0.3) is 0 Å². The van der Waals surface area contributed by atoms with E-state index >= 15 is 0 Å². The number of hydrogen-bond acceptors (Lipinski definition) is 1. The van der Waals surface area contributed by atoms with E-state index in [-0.39, 0.29) is 11.4 Å². The Balaban J connectivity index is 2.21. The minimum Gasteiger partial charge on any atom is -0.325 e. The van der Waals surface area contributed by atoms with Crippen molar-refractivity contribution < 1.29 is 4.39 Å². The molecule has 0 amide bonds. The first kappa shape index (κ1) is 14.0. The molecular weight excluding hydrogens is 293 g/mol. The molecule has 0 aliphatic heterocycles. The number of hydrogen-bond donors (Lipinski definition) is 1. The molecule has 0 aromatic heterocycles. The molecule has 0 heterocycles. The first-order valence-electron chi connectivity index (χ1n) is 6.65. The zero-order chi connectivity index (χ0) is 13.3. The topological polar surface area (TPSA) is 26.0 Å². The second-order valence-corrected chi connectivity index (χ2v) is 6.72. The Kier molecular flexibility index (Phi) is 4.12. The van der Waals surface area contributed by atoms with Crippen LogP contribution in [0.25, 0.3) is 0 Å². The molecule has 1 aromatic rings. The Labute approximate surface area is 117 Å². The Morgan fingerprint density at radius 1 is 1.44 bits per heavy atom. The minimum absolute atomic E-state index is 0.153. The van der Waals surface area contributed by atoms with Gasteiger partial charge >= 0.3 is 0 Å². The third kappa shape index (κ3) is 2.77. The minimum atomic E-state index is -0.258. The van der Waals surface area contributed by atoms with Gasteiger partial charge < -0.3 is 5.73 Å². The molecule has 1 saturated carbocycles. The molecule has 100 valence electrons. The van der Waals surface area contributed by atoms with Crippen LogP contribution in [0, 0.1) is 17.7 Å². The molecule has 1 aliphatic rings. The van der Waals surface area contributed by atoms with Crippen LogP contribution in [0.5, 0.6) is 0 Å². The van der Waals surface area contributed by atoms with Crippen molar-refractivity contribution in [2.75, 3.05) is 0 Å². The predicted octanol–water partition coefficient (Wildman–Crippen LogP) is 4.28. The van der Waals surface area contributed by atoms with E-state index in [1.807, 2.05) is 12.1 Å². The molecule has 2 rings (SSSR count). The third-order valence-electron chi connectivity index (χ3n) is 4.60. The lowest BCUT2D eigenvalue weighted by atomic mass is 9.66. The summed E-state index contributed by atoms with van der Waals surface area (Å²) in [7, 11) is 0. The summed E-state index contributed by atoms with van der Waals surface area (Å²) in [6, 6.07) is 5.26. The van der Waals surface area contributed by atoms with E-state index < -0.39 is 0 Å². The summed E-state index contributed by atoms with van der Waals surface area (Å²) >= 11 is 3.29. The third-order valence-corrected chi connectivity index (χ3v) is 5.09. The summed E-state index contributed by atoms with van der Waals surface area (Å²) in [5.74, 6) is 0.913. The van der Waals surface area contributed by atoms with Crippen LogP contribution in [-0.4, -0.2) is 5.54 Å². The molecule has 3 unspecified atom stereocenters. The van der Waals surface area contributed by atoms with E-state index in [9.17, 15) is 4.39 Å². The van der Waals surface area contributed by atoms with Gasteiger partial charge in [-0.05, 0) is 42.4 Å². The zero-order valence-electron chi connectivity index (χ0n) is 11.0. The second kappa shape index (κ2) is 5.30. The normalized spacial score (nSPS) is 32.5. The summed E-state index contributed by atoms with van der Waals surface area (Å²) in [5, 5.41) is 0. The predicted molar refractivity (Wildman–Crippen MR) is 76.9 cm³/mol. The molecule has 1 fully saturated rings. The van der Waals surface area contributed by atoms with Crippen molar-refractivity contribution in [1.82, 2.24) is 0 Å². The van der Waals surface area contributed by atoms with Crippen molar-refractivity contribution in [3.8, 4) is 0 Å². The van der Waals surface area contributed by atoms with Crippen LogP contribution >= 0.6 is 15.9 Å². The molecule has 1 nitrogen and oxygen atoms in total. The fourth-order valence-corrected chi connectivity index (χ4v) is 3.40. The highest BCUT2D eigenvalue weighted by Crippen LogP contribution is 2.38. The quantitative estimate of drug-likeness (QED) is 0.866. The molecule has 0 saturated heterocycles. The number of halogens is 2. The van der Waals surface area contributed by atoms with Gasteiger partial charge in [-0.15, -0.1) is 0 Å². The first-order chi connectivity index (χ1) is 8.42. The van der Waals surface area contributed by atoms with Crippen molar-refractivity contribution in [2.24, 2.45) is 17.6 Å². The molecule has 0 radical (unpaired) electrons. The van der Waals surface area contributed by atoms with Crippen molar-refractivity contribution in [2.45, 2.75) is 45.1 Å². The Hall–Kier alpha value is -0.410. The van der Waals surface area contributed by atoms with Crippen LogP contribution in [0.2, 0.25) is 0 Å². The van der Waals surface area contributed by atoms with E-state index in [0.717, 1.165) is 22.9 Å². The second-order valence-electron chi connectivity index (χ2n) is 5.80. The number of nitrogens with two attached hydrogens (primary N) is 1. The summed E-state index contributed by atoms with van der Waals surface area (Å²) in [6.07, 6.45) is 4.02. The Bertz CT molecular complexity index is 435. The molecule has 1 aliphatic carbocycles. The molecule has 18 heavy (non-hydrogen) atoms. The highest BCUT2D eigenvalue weighted by atomic mass is 79.9. The van der Waals surface area contributed by atoms with Gasteiger partial charge in [0.2, 0.25) is 0 Å². The van der Waals surface area contributed by atoms with Crippen LogP contribution in [-0.2, 0) is 6.42 Å². The summed E-state index contributed by atoms with van der Waals surface area (Å²) in [5.41, 5.74) is 7.03. The van der Waals surface area contributed by atoms with Gasteiger partial charge in [0, 0.05) is 10.0 Å². The average molecular weight is 314 g/mol. The highest BCUT2D eigenvalue weighted by molar-refractivity contribution is 9.10. The van der Waals surface area contributed by atoms with Crippen molar-refractivity contribution in [3.05, 3.63) is 34.1 Å². The molecule has 2 N–H and O–H groups in total. The van der Waals surface area contributed by atoms with Gasteiger partial charge in [-0.2, -0.15) is 0 Å². The van der Waals surface area contributed by atoms with Crippen LogP contribution in [0.4, 0.5) is 4.39 Å². The van der Waals surface area contributed by atoms with Crippen LogP contribution in [0.15, 0.2) is 22.7 Å². The fourth-order valence-electron chi connectivity index (χ4n) is 3.07. The molecule has 1 aromatic carbocycles. The molecule has 3 atom stereocenters. The van der Waals surface area contributed by atoms with Crippen molar-refractivity contribution >= 4 is 15.9 Å². The van der Waals surface area contributed by atoms with Crippen molar-refractivity contribution in [1.29, 1.82) is 0 Å². The van der Waals surface area contributed by atoms with E-state index in [1.54, 1.807) is 0 Å². The van der Waals surface area contributed by atoms with Crippen LogP contribution in [0.1, 0.15) is 38.7 Å². The van der Waals surface area contributed by atoms with Gasteiger partial charge in [-0.1, -0.05) is 48.7 Å². The summed E-state index contributed by atoms with van der Waals surface area (Å²) in [6.45, 7) is 4.46. The molecule has 0 bridgehead atoms. The zero-order valence-corrected chi connectivity index (χ0v) is 12.6.